The molecule has 1 unspecified atom stereocenters. The third-order valence-electron chi connectivity index (χ3n) is 4.70. The van der Waals surface area contributed by atoms with Crippen LogP contribution in [0, 0.1) is 5.82 Å². The number of amidine groups is 1. The van der Waals surface area contributed by atoms with E-state index in [9.17, 15) is 18.0 Å². The highest BCUT2D eigenvalue weighted by Crippen LogP contribution is 2.37. The minimum Gasteiger partial charge on any atom is -0.387 e. The molecule has 1 aromatic carbocycles. The summed E-state index contributed by atoms with van der Waals surface area (Å²) in [5.74, 6) is -1.28. The summed E-state index contributed by atoms with van der Waals surface area (Å²) in [6.45, 7) is 2.05. The van der Waals surface area contributed by atoms with Crippen molar-refractivity contribution < 1.29 is 22.7 Å². The van der Waals surface area contributed by atoms with Crippen LogP contribution >= 0.6 is 0 Å². The summed E-state index contributed by atoms with van der Waals surface area (Å²) in [5, 5.41) is 2.57. The number of carbonyl (C=O) groups excluding carboxylic acids is 1. The molecule has 1 aliphatic heterocycles. The Hall–Kier alpha value is -2.88. The lowest BCUT2D eigenvalue weighted by atomic mass is 9.90. The number of rotatable bonds is 5. The monoisotopic (exact) mass is 409 g/mol. The first-order valence-corrected chi connectivity index (χ1v) is 9.20. The summed E-state index contributed by atoms with van der Waals surface area (Å²) in [5.41, 5.74) is 3.22. The number of aliphatic imine (C=N–C) groups is 1. The Morgan fingerprint density at radius 1 is 1.45 bits per heavy atom. The number of halogens is 3. The van der Waals surface area contributed by atoms with E-state index in [1.165, 1.54) is 12.3 Å². The predicted octanol–water partition coefficient (Wildman–Crippen LogP) is 2.92. The third kappa shape index (κ3) is 4.26. The summed E-state index contributed by atoms with van der Waals surface area (Å²) in [7, 11) is 0. The van der Waals surface area contributed by atoms with Gasteiger partial charge in [0.15, 0.2) is 11.4 Å². The fraction of sp³-hybridized carbons (Fsp3) is 0.421. The maximum atomic E-state index is 14.6. The van der Waals surface area contributed by atoms with Crippen LogP contribution in [0.3, 0.4) is 0 Å². The number of imidazole rings is 1. The van der Waals surface area contributed by atoms with Gasteiger partial charge in [-0.3, -0.25) is 9.79 Å². The normalized spacial score (nSPS) is 20.1. The van der Waals surface area contributed by atoms with E-state index in [0.29, 0.717) is 13.0 Å². The molecule has 2 aromatic rings. The van der Waals surface area contributed by atoms with Crippen molar-refractivity contribution in [2.45, 2.75) is 38.3 Å². The van der Waals surface area contributed by atoms with Gasteiger partial charge in [-0.1, -0.05) is 0 Å². The highest BCUT2D eigenvalue weighted by atomic mass is 19.3. The highest BCUT2D eigenvalue weighted by molar-refractivity contribution is 6.01. The van der Waals surface area contributed by atoms with Crippen molar-refractivity contribution in [3.8, 4) is 0 Å². The summed E-state index contributed by atoms with van der Waals surface area (Å²) in [6, 6.07) is 3.43. The minimum absolute atomic E-state index is 0.00686. The average molecular weight is 409 g/mol. The van der Waals surface area contributed by atoms with Crippen molar-refractivity contribution in [3.63, 3.8) is 0 Å². The number of hydrogen-bond donors (Lipinski definition) is 2. The summed E-state index contributed by atoms with van der Waals surface area (Å²) in [4.78, 5) is 20.4. The van der Waals surface area contributed by atoms with Gasteiger partial charge < -0.3 is 20.4 Å². The largest absolute Gasteiger partial charge is 0.387 e. The number of ether oxygens (including phenoxy) is 1. The lowest BCUT2D eigenvalue weighted by Gasteiger charge is -2.32. The minimum atomic E-state index is -3.07. The van der Waals surface area contributed by atoms with E-state index >= 15 is 0 Å². The molecule has 7 nitrogen and oxygen atoms in total. The van der Waals surface area contributed by atoms with Crippen LogP contribution in [-0.4, -0.2) is 40.9 Å². The van der Waals surface area contributed by atoms with Crippen molar-refractivity contribution in [2.75, 3.05) is 18.5 Å². The van der Waals surface area contributed by atoms with Gasteiger partial charge >= 0.3 is 0 Å². The number of aromatic nitrogens is 2. The molecule has 0 saturated carbocycles. The van der Waals surface area contributed by atoms with Crippen LogP contribution in [-0.2, 0) is 16.8 Å². The Morgan fingerprint density at radius 2 is 2.24 bits per heavy atom. The van der Waals surface area contributed by atoms with Crippen molar-refractivity contribution >= 4 is 17.4 Å². The molecule has 1 aliphatic rings. The molecular formula is C19H22F3N5O2. The molecule has 0 bridgehead atoms. The molecule has 156 valence electrons. The first-order valence-electron chi connectivity index (χ1n) is 9.20. The first-order chi connectivity index (χ1) is 13.9. The van der Waals surface area contributed by atoms with E-state index in [1.54, 1.807) is 10.8 Å². The highest BCUT2D eigenvalue weighted by Gasteiger charge is 2.45. The number of nitrogens with two attached hydrogens (primary N) is 1. The van der Waals surface area contributed by atoms with Gasteiger partial charge in [0, 0.05) is 43.2 Å². The molecule has 10 heteroatoms. The molecule has 3 rings (SSSR count). The van der Waals surface area contributed by atoms with Crippen molar-refractivity contribution in [2.24, 2.45) is 10.7 Å². The Labute approximate surface area is 165 Å². The van der Waals surface area contributed by atoms with Crippen LogP contribution < -0.4 is 11.1 Å². The molecule has 0 aliphatic carbocycles. The van der Waals surface area contributed by atoms with Crippen LogP contribution in [0.25, 0.3) is 0 Å². The van der Waals surface area contributed by atoms with Crippen LogP contribution in [0.5, 0.6) is 0 Å². The number of amides is 1. The average Bonchev–Trinajstić information content (AvgIpc) is 3.15. The number of nitrogens with one attached hydrogen (secondary N) is 1. The number of hydrogen-bond acceptors (Lipinski definition) is 5. The van der Waals surface area contributed by atoms with E-state index < -0.39 is 35.9 Å². The quantitative estimate of drug-likeness (QED) is 0.794. The maximum Gasteiger partial charge on any atom is 0.291 e. The molecule has 1 amide bonds. The van der Waals surface area contributed by atoms with Gasteiger partial charge in [-0.15, -0.1) is 0 Å². The van der Waals surface area contributed by atoms with Crippen molar-refractivity contribution in [1.29, 1.82) is 0 Å². The lowest BCUT2D eigenvalue weighted by Crippen LogP contribution is -2.42. The van der Waals surface area contributed by atoms with Gasteiger partial charge in [-0.2, -0.15) is 0 Å². The smallest absolute Gasteiger partial charge is 0.291 e. The summed E-state index contributed by atoms with van der Waals surface area (Å²) in [6.07, 6.45) is 0.853. The molecule has 3 N–H and O–H groups in total. The van der Waals surface area contributed by atoms with E-state index in [0.717, 1.165) is 12.1 Å². The molecular weight excluding hydrogens is 387 g/mol. The van der Waals surface area contributed by atoms with Crippen LogP contribution in [0.4, 0.5) is 18.9 Å². The molecule has 1 aromatic heterocycles. The number of alkyl halides is 2. The maximum absolute atomic E-state index is 14.6. The molecule has 0 saturated heterocycles. The summed E-state index contributed by atoms with van der Waals surface area (Å²) >= 11 is 0. The van der Waals surface area contributed by atoms with E-state index in [1.807, 2.05) is 6.92 Å². The van der Waals surface area contributed by atoms with Gasteiger partial charge in [0.25, 0.3) is 12.3 Å². The van der Waals surface area contributed by atoms with E-state index in [4.69, 9.17) is 10.5 Å². The Morgan fingerprint density at radius 3 is 2.97 bits per heavy atom. The molecule has 1 atom stereocenters. The van der Waals surface area contributed by atoms with Gasteiger partial charge in [-0.25, -0.2) is 18.2 Å². The second-order valence-electron chi connectivity index (χ2n) is 6.67. The zero-order chi connectivity index (χ0) is 21.0. The number of carbonyl (C=O) groups is 1. The Kier molecular flexibility index (Phi) is 6.21. The van der Waals surface area contributed by atoms with Gasteiger partial charge in [0.2, 0.25) is 0 Å². The molecule has 2 heterocycles. The van der Waals surface area contributed by atoms with E-state index in [2.05, 4.69) is 15.3 Å². The molecule has 0 radical (unpaired) electrons. The van der Waals surface area contributed by atoms with Gasteiger partial charge in [-0.05, 0) is 31.5 Å². The zero-order valence-electron chi connectivity index (χ0n) is 15.9. The van der Waals surface area contributed by atoms with Gasteiger partial charge in [0.1, 0.15) is 5.82 Å². The molecule has 0 spiro atoms. The fourth-order valence-electron chi connectivity index (χ4n) is 3.19. The Balaban J connectivity index is 1.99. The van der Waals surface area contributed by atoms with Crippen LogP contribution in [0.1, 0.15) is 35.9 Å². The second kappa shape index (κ2) is 8.64. The fourth-order valence-corrected chi connectivity index (χ4v) is 3.19. The molecule has 29 heavy (non-hydrogen) atoms. The summed E-state index contributed by atoms with van der Waals surface area (Å²) < 4.78 is 49.8. The SMILES string of the molecule is CCn1ccnc1C(=O)Nc1ccc(F)c(C2(C(F)F)COCCCC(N)=N2)c1. The topological polar surface area (TPSA) is 94.5 Å². The van der Waals surface area contributed by atoms with E-state index in [-0.39, 0.29) is 30.4 Å². The van der Waals surface area contributed by atoms with Crippen molar-refractivity contribution in [3.05, 3.63) is 47.8 Å². The lowest BCUT2D eigenvalue weighted by molar-refractivity contribution is -0.0165. The second-order valence-corrected chi connectivity index (χ2v) is 6.67. The Bertz CT molecular complexity index is 915. The van der Waals surface area contributed by atoms with Crippen LogP contribution in [0.15, 0.2) is 35.6 Å². The molecule has 0 fully saturated rings. The standard InChI is InChI=1S/C19H22F3N5O2/c1-2-27-8-7-24-16(27)17(28)25-12-5-6-14(20)13(10-12)19(18(21)22)11-29-9-3-4-15(23)26-19/h5-8,10,18H,2-4,9,11H2,1H3,(H2,23,26)(H,25,28). The van der Waals surface area contributed by atoms with Crippen LogP contribution in [0.2, 0.25) is 0 Å². The first kappa shape index (κ1) is 20.8. The predicted molar refractivity (Wildman–Crippen MR) is 102 cm³/mol. The zero-order valence-corrected chi connectivity index (χ0v) is 15.9. The number of benzene rings is 1. The number of aryl methyl sites for hydroxylation is 1. The number of anilines is 1. The number of nitrogens with zero attached hydrogens (tertiary/aromatic N) is 3. The van der Waals surface area contributed by atoms with Gasteiger partial charge in [0.05, 0.1) is 12.4 Å². The third-order valence-corrected chi connectivity index (χ3v) is 4.70. The van der Waals surface area contributed by atoms with Crippen molar-refractivity contribution in [1.82, 2.24) is 9.55 Å².